The van der Waals surface area contributed by atoms with Gasteiger partial charge in [-0.3, -0.25) is 4.79 Å². The second-order valence-corrected chi connectivity index (χ2v) is 9.88. The standard InChI is InChI=1S/C26H27N3O4S/c1-18-19(2)28-33-26(18)29-34(31,32)24-16-9-13-21-22(24)14-8-15-23(21)27-25(30)17-7-6-12-20-10-4-3-5-11-20/h3-5,8-11,13-16,29H,6-7,12,17H2,1-2H3,(H,27,30). The maximum absolute atomic E-state index is 13.1. The molecule has 8 heteroatoms. The van der Waals surface area contributed by atoms with Gasteiger partial charge in [-0.2, -0.15) is 0 Å². The van der Waals surface area contributed by atoms with Gasteiger partial charge in [-0.05, 0) is 50.8 Å². The molecule has 2 N–H and O–H groups in total. The van der Waals surface area contributed by atoms with Crippen molar-refractivity contribution in [2.24, 2.45) is 0 Å². The van der Waals surface area contributed by atoms with Crippen LogP contribution in [0.25, 0.3) is 10.8 Å². The largest absolute Gasteiger partial charge is 0.337 e. The van der Waals surface area contributed by atoms with Gasteiger partial charge in [0.05, 0.1) is 10.6 Å². The zero-order valence-electron chi connectivity index (χ0n) is 19.2. The van der Waals surface area contributed by atoms with Crippen molar-refractivity contribution >= 4 is 38.3 Å². The summed E-state index contributed by atoms with van der Waals surface area (Å²) < 4.78 is 33.8. The zero-order chi connectivity index (χ0) is 24.1. The van der Waals surface area contributed by atoms with Crippen LogP contribution < -0.4 is 10.0 Å². The molecule has 0 atom stereocenters. The summed E-state index contributed by atoms with van der Waals surface area (Å²) in [5.74, 6) is -0.00540. The van der Waals surface area contributed by atoms with Crippen molar-refractivity contribution in [3.8, 4) is 0 Å². The second-order valence-electron chi connectivity index (χ2n) is 8.23. The molecule has 4 aromatic rings. The molecule has 3 aromatic carbocycles. The Morgan fingerprint density at radius 1 is 0.912 bits per heavy atom. The molecule has 0 aliphatic carbocycles. The van der Waals surface area contributed by atoms with Crippen LogP contribution in [0.2, 0.25) is 0 Å². The molecule has 0 aliphatic rings. The quantitative estimate of drug-likeness (QED) is 0.306. The van der Waals surface area contributed by atoms with E-state index in [-0.39, 0.29) is 16.7 Å². The number of nitrogens with one attached hydrogen (secondary N) is 2. The van der Waals surface area contributed by atoms with Crippen LogP contribution >= 0.6 is 0 Å². The van der Waals surface area contributed by atoms with Crippen LogP contribution in [0.15, 0.2) is 76.1 Å². The number of carbonyl (C=O) groups excluding carboxylic acids is 1. The highest BCUT2D eigenvalue weighted by atomic mass is 32.2. The van der Waals surface area contributed by atoms with Crippen LogP contribution in [0.3, 0.4) is 0 Å². The molecule has 0 unspecified atom stereocenters. The molecule has 1 heterocycles. The van der Waals surface area contributed by atoms with Crippen LogP contribution in [0.4, 0.5) is 11.6 Å². The Hall–Kier alpha value is -3.65. The lowest BCUT2D eigenvalue weighted by atomic mass is 10.1. The molecule has 7 nitrogen and oxygen atoms in total. The van der Waals surface area contributed by atoms with E-state index in [1.165, 1.54) is 11.6 Å². The molecule has 0 radical (unpaired) electrons. The fourth-order valence-corrected chi connectivity index (χ4v) is 5.05. The van der Waals surface area contributed by atoms with Crippen molar-refractivity contribution in [2.75, 3.05) is 10.0 Å². The van der Waals surface area contributed by atoms with Crippen molar-refractivity contribution in [1.29, 1.82) is 0 Å². The summed E-state index contributed by atoms with van der Waals surface area (Å²) in [5.41, 5.74) is 3.08. The van der Waals surface area contributed by atoms with Gasteiger partial charge in [0.2, 0.25) is 11.8 Å². The van der Waals surface area contributed by atoms with Gasteiger partial charge < -0.3 is 9.84 Å². The van der Waals surface area contributed by atoms with E-state index in [4.69, 9.17) is 4.52 Å². The number of unbranched alkanes of at least 4 members (excludes halogenated alkanes) is 1. The summed E-state index contributed by atoms with van der Waals surface area (Å²) in [6, 6.07) is 20.4. The van der Waals surface area contributed by atoms with E-state index in [0.717, 1.165) is 19.3 Å². The summed E-state index contributed by atoms with van der Waals surface area (Å²) in [6.45, 7) is 3.48. The highest BCUT2D eigenvalue weighted by molar-refractivity contribution is 7.93. The lowest BCUT2D eigenvalue weighted by molar-refractivity contribution is -0.116. The number of fused-ring (bicyclic) bond motifs is 1. The molecule has 0 saturated heterocycles. The fraction of sp³-hybridized carbons (Fsp3) is 0.231. The third-order valence-corrected chi connectivity index (χ3v) is 7.18. The van der Waals surface area contributed by atoms with Gasteiger partial charge >= 0.3 is 0 Å². The van der Waals surface area contributed by atoms with Gasteiger partial charge in [-0.1, -0.05) is 59.8 Å². The Balaban J connectivity index is 1.48. The predicted molar refractivity (Wildman–Crippen MR) is 133 cm³/mol. The number of benzene rings is 3. The highest BCUT2D eigenvalue weighted by Crippen LogP contribution is 2.31. The van der Waals surface area contributed by atoms with Crippen molar-refractivity contribution in [3.05, 3.63) is 83.6 Å². The maximum atomic E-state index is 13.1. The number of carbonyl (C=O) groups is 1. The molecule has 0 aliphatic heterocycles. The first-order chi connectivity index (χ1) is 16.3. The van der Waals surface area contributed by atoms with Gasteiger partial charge in [0, 0.05) is 28.4 Å². The minimum atomic E-state index is -3.93. The molecule has 1 amide bonds. The Morgan fingerprint density at radius 3 is 2.38 bits per heavy atom. The molecule has 0 fully saturated rings. The normalized spacial score (nSPS) is 11.5. The monoisotopic (exact) mass is 477 g/mol. The molecular weight excluding hydrogens is 450 g/mol. The van der Waals surface area contributed by atoms with Gasteiger partial charge in [0.25, 0.3) is 10.0 Å². The van der Waals surface area contributed by atoms with Crippen molar-refractivity contribution < 1.29 is 17.7 Å². The Morgan fingerprint density at radius 2 is 1.65 bits per heavy atom. The van der Waals surface area contributed by atoms with E-state index in [1.54, 1.807) is 44.2 Å². The summed E-state index contributed by atoms with van der Waals surface area (Å²) >= 11 is 0. The Labute approximate surface area is 199 Å². The Bertz CT molecular complexity index is 1410. The van der Waals surface area contributed by atoms with E-state index in [1.807, 2.05) is 18.2 Å². The Kier molecular flexibility index (Phi) is 6.98. The molecule has 0 bridgehead atoms. The van der Waals surface area contributed by atoms with Crippen molar-refractivity contribution in [3.63, 3.8) is 0 Å². The molecule has 176 valence electrons. The van der Waals surface area contributed by atoms with Crippen LogP contribution in [-0.4, -0.2) is 19.5 Å². The average molecular weight is 478 g/mol. The summed E-state index contributed by atoms with van der Waals surface area (Å²) in [7, 11) is -3.93. The molecule has 1 aromatic heterocycles. The first kappa shape index (κ1) is 23.5. The van der Waals surface area contributed by atoms with E-state index in [9.17, 15) is 13.2 Å². The van der Waals surface area contributed by atoms with E-state index < -0.39 is 10.0 Å². The number of aryl methyl sites for hydroxylation is 2. The van der Waals surface area contributed by atoms with Crippen molar-refractivity contribution in [1.82, 2.24) is 5.16 Å². The number of sulfonamides is 1. The van der Waals surface area contributed by atoms with E-state index >= 15 is 0 Å². The van der Waals surface area contributed by atoms with E-state index in [0.29, 0.717) is 34.1 Å². The maximum Gasteiger partial charge on any atom is 0.264 e. The molecule has 0 spiro atoms. The number of hydrogen-bond donors (Lipinski definition) is 2. The lowest BCUT2D eigenvalue weighted by Gasteiger charge is -2.12. The topological polar surface area (TPSA) is 101 Å². The van der Waals surface area contributed by atoms with Crippen molar-refractivity contribution in [2.45, 2.75) is 44.4 Å². The molecular formula is C26H27N3O4S. The van der Waals surface area contributed by atoms with Gasteiger partial charge in [0.15, 0.2) is 0 Å². The van der Waals surface area contributed by atoms with Gasteiger partial charge in [0.1, 0.15) is 0 Å². The minimum absolute atomic E-state index is 0.0921. The third kappa shape index (κ3) is 5.28. The number of aromatic nitrogens is 1. The highest BCUT2D eigenvalue weighted by Gasteiger charge is 2.22. The molecule has 4 rings (SSSR count). The SMILES string of the molecule is Cc1noc(NS(=O)(=O)c2cccc3c(NC(=O)CCCCc4ccccc4)cccc23)c1C. The first-order valence-electron chi connectivity index (χ1n) is 11.2. The second kappa shape index (κ2) is 10.1. The van der Waals surface area contributed by atoms with Crippen LogP contribution in [0.1, 0.15) is 36.1 Å². The summed E-state index contributed by atoms with van der Waals surface area (Å²) in [5, 5.41) is 7.90. The summed E-state index contributed by atoms with van der Waals surface area (Å²) in [4.78, 5) is 12.7. The number of anilines is 2. The number of rotatable bonds is 9. The van der Waals surface area contributed by atoms with Crippen LogP contribution in [0.5, 0.6) is 0 Å². The zero-order valence-corrected chi connectivity index (χ0v) is 20.0. The average Bonchev–Trinajstić information content (AvgIpc) is 3.14. The summed E-state index contributed by atoms with van der Waals surface area (Å²) in [6.07, 6.45) is 3.01. The fourth-order valence-electron chi connectivity index (χ4n) is 3.78. The number of nitrogens with zero attached hydrogens (tertiary/aromatic N) is 1. The molecule has 0 saturated carbocycles. The van der Waals surface area contributed by atoms with E-state index in [2.05, 4.69) is 27.3 Å². The lowest BCUT2D eigenvalue weighted by Crippen LogP contribution is -2.14. The smallest absolute Gasteiger partial charge is 0.264 e. The number of hydrogen-bond acceptors (Lipinski definition) is 5. The van der Waals surface area contributed by atoms with Crippen LogP contribution in [-0.2, 0) is 21.2 Å². The van der Waals surface area contributed by atoms with Gasteiger partial charge in [-0.25, -0.2) is 13.1 Å². The van der Waals surface area contributed by atoms with Crippen LogP contribution in [0, 0.1) is 13.8 Å². The predicted octanol–water partition coefficient (Wildman–Crippen LogP) is 5.60. The minimum Gasteiger partial charge on any atom is -0.337 e. The van der Waals surface area contributed by atoms with Gasteiger partial charge in [-0.15, -0.1) is 0 Å². The first-order valence-corrected chi connectivity index (χ1v) is 12.6. The molecule has 34 heavy (non-hydrogen) atoms. The third-order valence-electron chi connectivity index (χ3n) is 5.79. The number of amides is 1.